The van der Waals surface area contributed by atoms with Crippen LogP contribution >= 0.6 is 16.4 Å². The largest absolute Gasteiger partial charge is 0.550 e. The smallest absolute Gasteiger partial charge is 0.492 e. The molecule has 1 atom stereocenters. The summed E-state index contributed by atoms with van der Waals surface area (Å²) >= 11 is 0. The number of ether oxygens (including phenoxy) is 2. The minimum Gasteiger partial charge on any atom is -0.492 e. The third kappa shape index (κ3) is 5.84. The van der Waals surface area contributed by atoms with Crippen LogP contribution in [0.4, 0.5) is 0 Å². The first-order valence-corrected chi connectivity index (χ1v) is 10.1. The van der Waals surface area contributed by atoms with Crippen molar-refractivity contribution in [3.63, 3.8) is 0 Å². The normalized spacial score (nSPS) is 11.3. The molecule has 0 aromatic heterocycles. The van der Waals surface area contributed by atoms with Crippen molar-refractivity contribution in [2.45, 2.75) is 19.4 Å². The van der Waals surface area contributed by atoms with Crippen LogP contribution in [-0.2, 0) is 22.4 Å². The molecule has 1 unspecified atom stereocenters. The van der Waals surface area contributed by atoms with Crippen LogP contribution in [0, 0.1) is 0 Å². The zero-order valence-electron chi connectivity index (χ0n) is 14.0. The number of carbonyl (C=O) groups is 1. The molecule has 0 amide bonds. The number of hydrogen-bond donors (Lipinski definition) is 3. The highest BCUT2D eigenvalue weighted by molar-refractivity contribution is 7.64. The van der Waals surface area contributed by atoms with E-state index in [2.05, 4.69) is 0 Å². The number of aryl methyl sites for hydroxylation is 1. The van der Waals surface area contributed by atoms with Crippen molar-refractivity contribution in [2.24, 2.45) is 0 Å². The van der Waals surface area contributed by atoms with Crippen molar-refractivity contribution in [3.05, 3.63) is 53.6 Å². The predicted octanol–water partition coefficient (Wildman–Crippen LogP) is 2.39. The summed E-state index contributed by atoms with van der Waals surface area (Å²) in [7, 11) is -3.61. The summed E-state index contributed by atoms with van der Waals surface area (Å²) < 4.78 is 22.0. The van der Waals surface area contributed by atoms with Gasteiger partial charge in [0, 0.05) is 18.6 Å². The van der Waals surface area contributed by atoms with Gasteiger partial charge in [0.2, 0.25) is 13.9 Å². The van der Waals surface area contributed by atoms with Crippen molar-refractivity contribution in [1.29, 1.82) is 0 Å². The molecule has 3 N–H and O–H groups in total. The Morgan fingerprint density at radius 3 is 2.54 bits per heavy atom. The first kappa shape index (κ1) is 20.4. The molecule has 9 heteroatoms. The lowest BCUT2D eigenvalue weighted by Gasteiger charge is -2.09. The van der Waals surface area contributed by atoms with Crippen molar-refractivity contribution in [3.8, 4) is 11.5 Å². The molecule has 0 spiro atoms. The molecule has 2 aromatic rings. The quantitative estimate of drug-likeness (QED) is 0.557. The van der Waals surface area contributed by atoms with Gasteiger partial charge in [0.15, 0.2) is 5.75 Å². The SMILES string of the molecule is COc1cc(OCc2cccc(CCC(=O)P(O)O)c2)ccc1[P+](=O)O. The van der Waals surface area contributed by atoms with Crippen LogP contribution < -0.4 is 14.8 Å². The van der Waals surface area contributed by atoms with Crippen molar-refractivity contribution < 1.29 is 33.5 Å². The fourth-order valence-electron chi connectivity index (χ4n) is 2.30. The van der Waals surface area contributed by atoms with E-state index in [0.29, 0.717) is 12.2 Å². The molecule has 0 heterocycles. The third-order valence-corrected chi connectivity index (χ3v) is 5.06. The summed E-state index contributed by atoms with van der Waals surface area (Å²) in [5.74, 6) is 0.775. The number of methoxy groups -OCH3 is 1. The minimum atomic E-state index is -2.53. The standard InChI is InChI=1S/C17H18O7P2/c1-23-15-10-14(6-7-16(15)25(19)20)24-11-13-4-2-3-12(9-13)5-8-17(18)26(21)22/h2-4,6-7,9-10,21-22H,5,8,11H2,1H3/p+1. The number of benzene rings is 2. The fourth-order valence-corrected chi connectivity index (χ4v) is 3.16. The molecule has 0 radical (unpaired) electrons. The molecular weight excluding hydrogens is 378 g/mol. The van der Waals surface area contributed by atoms with Gasteiger partial charge in [0.1, 0.15) is 12.4 Å². The molecular formula is C17H19O7P2+. The van der Waals surface area contributed by atoms with E-state index in [0.717, 1.165) is 11.1 Å². The summed E-state index contributed by atoms with van der Waals surface area (Å²) in [5, 5.41) is 0.203. The van der Waals surface area contributed by atoms with E-state index in [1.54, 1.807) is 12.1 Å². The minimum absolute atomic E-state index is 0.0704. The summed E-state index contributed by atoms with van der Waals surface area (Å²) in [6.45, 7) is 0.266. The van der Waals surface area contributed by atoms with Gasteiger partial charge in [-0.2, -0.15) is 4.89 Å². The van der Waals surface area contributed by atoms with Crippen LogP contribution in [0.25, 0.3) is 0 Å². The number of carbonyl (C=O) groups excluding carboxylic acids is 1. The molecule has 7 nitrogen and oxygen atoms in total. The van der Waals surface area contributed by atoms with Gasteiger partial charge >= 0.3 is 8.03 Å². The first-order valence-electron chi connectivity index (χ1n) is 7.66. The van der Waals surface area contributed by atoms with E-state index in [9.17, 15) is 14.3 Å². The Labute approximate surface area is 153 Å². The predicted molar refractivity (Wildman–Crippen MR) is 97.9 cm³/mol. The first-order chi connectivity index (χ1) is 12.4. The Balaban J connectivity index is 2.00. The zero-order valence-corrected chi connectivity index (χ0v) is 15.8. The lowest BCUT2D eigenvalue weighted by Crippen LogP contribution is -2.04. The van der Waals surface area contributed by atoms with E-state index < -0.39 is 21.9 Å². The Hall–Kier alpha value is -1.88. The topological polar surface area (TPSA) is 113 Å². The summed E-state index contributed by atoms with van der Waals surface area (Å²) in [6.07, 6.45) is 0.486. The average Bonchev–Trinajstić information content (AvgIpc) is 2.64. The van der Waals surface area contributed by atoms with Gasteiger partial charge in [-0.1, -0.05) is 24.3 Å². The van der Waals surface area contributed by atoms with Crippen LogP contribution in [0.1, 0.15) is 17.5 Å². The molecule has 2 aromatic carbocycles. The molecule has 0 saturated heterocycles. The Bertz CT molecular complexity index is 792. The second kappa shape index (κ2) is 9.72. The molecule has 2 rings (SSSR count). The summed E-state index contributed by atoms with van der Waals surface area (Å²) in [6, 6.07) is 12.0. The van der Waals surface area contributed by atoms with E-state index in [1.165, 1.54) is 13.2 Å². The summed E-state index contributed by atoms with van der Waals surface area (Å²) in [4.78, 5) is 38.3. The maximum atomic E-state index is 11.3. The number of hydrogen-bond acceptors (Lipinski definition) is 6. The summed E-state index contributed by atoms with van der Waals surface area (Å²) in [5.41, 5.74) is 1.21. The highest BCUT2D eigenvalue weighted by atomic mass is 31.2. The highest BCUT2D eigenvalue weighted by Crippen LogP contribution is 2.28. The van der Waals surface area contributed by atoms with Crippen LogP contribution in [0.3, 0.4) is 0 Å². The molecule has 0 aliphatic rings. The second-order valence-corrected chi connectivity index (χ2v) is 7.50. The molecule has 0 aliphatic heterocycles. The number of rotatable bonds is 9. The molecule has 0 bridgehead atoms. The Morgan fingerprint density at radius 2 is 1.88 bits per heavy atom. The zero-order chi connectivity index (χ0) is 19.1. The van der Waals surface area contributed by atoms with Gasteiger partial charge in [-0.3, -0.25) is 4.79 Å². The lowest BCUT2D eigenvalue weighted by atomic mass is 10.1. The second-order valence-electron chi connectivity index (χ2n) is 5.40. The van der Waals surface area contributed by atoms with E-state index >= 15 is 0 Å². The van der Waals surface area contributed by atoms with Gasteiger partial charge in [-0.15, -0.1) is 0 Å². The third-order valence-electron chi connectivity index (χ3n) is 3.60. The van der Waals surface area contributed by atoms with E-state index in [4.69, 9.17) is 19.3 Å². The average molecular weight is 397 g/mol. The maximum absolute atomic E-state index is 11.3. The van der Waals surface area contributed by atoms with Gasteiger partial charge in [-0.25, -0.2) is 0 Å². The van der Waals surface area contributed by atoms with Crippen LogP contribution in [0.5, 0.6) is 11.5 Å². The van der Waals surface area contributed by atoms with Crippen LogP contribution in [0.2, 0.25) is 0 Å². The molecule has 0 saturated carbocycles. The van der Waals surface area contributed by atoms with E-state index in [-0.39, 0.29) is 24.1 Å². The molecule has 138 valence electrons. The molecule has 26 heavy (non-hydrogen) atoms. The van der Waals surface area contributed by atoms with Gasteiger partial charge < -0.3 is 19.3 Å². The monoisotopic (exact) mass is 397 g/mol. The van der Waals surface area contributed by atoms with Crippen molar-refractivity contribution >= 4 is 27.2 Å². The Kier molecular flexibility index (Phi) is 7.64. The molecule has 0 aliphatic carbocycles. The van der Waals surface area contributed by atoms with Crippen LogP contribution in [-0.4, -0.2) is 27.3 Å². The van der Waals surface area contributed by atoms with Crippen molar-refractivity contribution in [1.82, 2.24) is 0 Å². The van der Waals surface area contributed by atoms with E-state index in [1.807, 2.05) is 24.3 Å². The van der Waals surface area contributed by atoms with Crippen molar-refractivity contribution in [2.75, 3.05) is 7.11 Å². The molecule has 0 fully saturated rings. The highest BCUT2D eigenvalue weighted by Gasteiger charge is 2.23. The van der Waals surface area contributed by atoms with Gasteiger partial charge in [0.05, 0.1) is 7.11 Å². The fraction of sp³-hybridized carbons (Fsp3) is 0.235. The Morgan fingerprint density at radius 1 is 1.15 bits per heavy atom. The van der Waals surface area contributed by atoms with Gasteiger partial charge in [0.25, 0.3) is 5.30 Å². The lowest BCUT2D eigenvalue weighted by molar-refractivity contribution is -0.112. The van der Waals surface area contributed by atoms with Gasteiger partial charge in [-0.05, 0) is 28.2 Å². The van der Waals surface area contributed by atoms with Crippen LogP contribution in [0.15, 0.2) is 42.5 Å². The maximum Gasteiger partial charge on any atom is 0.550 e.